The predicted molar refractivity (Wildman–Crippen MR) is 102 cm³/mol. The summed E-state index contributed by atoms with van der Waals surface area (Å²) in [6.07, 6.45) is 0.223. The fourth-order valence-electron chi connectivity index (χ4n) is 2.85. The van der Waals surface area contributed by atoms with Gasteiger partial charge in [-0.25, -0.2) is 8.42 Å². The SMILES string of the molecule is CC(=O)Nc1ccc(S(=O)(=O)Nc2ccc3c(c2)C(=O)CC(C)(C)O3)cc1. The van der Waals surface area contributed by atoms with Crippen LogP contribution in [0.15, 0.2) is 47.4 Å². The van der Waals surface area contributed by atoms with E-state index in [-0.39, 0.29) is 28.7 Å². The number of carbonyl (C=O) groups is 2. The van der Waals surface area contributed by atoms with E-state index in [2.05, 4.69) is 10.0 Å². The van der Waals surface area contributed by atoms with Crippen LogP contribution in [0.4, 0.5) is 11.4 Å². The van der Waals surface area contributed by atoms with E-state index in [0.29, 0.717) is 17.0 Å². The smallest absolute Gasteiger partial charge is 0.261 e. The Labute approximate surface area is 157 Å². The average Bonchev–Trinajstić information content (AvgIpc) is 2.54. The highest BCUT2D eigenvalue weighted by atomic mass is 32.2. The summed E-state index contributed by atoms with van der Waals surface area (Å²) in [4.78, 5) is 23.4. The fourth-order valence-corrected chi connectivity index (χ4v) is 3.90. The van der Waals surface area contributed by atoms with Gasteiger partial charge in [-0.1, -0.05) is 0 Å². The molecule has 1 aliphatic rings. The number of ether oxygens (including phenoxy) is 1. The Hall–Kier alpha value is -2.87. The molecule has 1 aliphatic heterocycles. The minimum absolute atomic E-state index is 0.0398. The molecule has 2 aromatic carbocycles. The van der Waals surface area contributed by atoms with Crippen LogP contribution < -0.4 is 14.8 Å². The van der Waals surface area contributed by atoms with E-state index in [9.17, 15) is 18.0 Å². The molecule has 0 bridgehead atoms. The number of Topliss-reactive ketones (excluding diaryl/α,β-unsaturated/α-hetero) is 1. The number of fused-ring (bicyclic) bond motifs is 1. The molecule has 0 saturated carbocycles. The number of nitrogens with one attached hydrogen (secondary N) is 2. The molecule has 0 unspecified atom stereocenters. The molecule has 0 saturated heterocycles. The Morgan fingerprint density at radius 3 is 2.33 bits per heavy atom. The molecule has 1 heterocycles. The summed E-state index contributed by atoms with van der Waals surface area (Å²) in [6.45, 7) is 5.03. The van der Waals surface area contributed by atoms with Gasteiger partial charge in [-0.3, -0.25) is 14.3 Å². The van der Waals surface area contributed by atoms with Crippen molar-refractivity contribution in [1.82, 2.24) is 0 Å². The van der Waals surface area contributed by atoms with Gasteiger partial charge in [0.2, 0.25) is 5.91 Å². The zero-order valence-corrected chi connectivity index (χ0v) is 16.0. The van der Waals surface area contributed by atoms with Gasteiger partial charge in [-0.15, -0.1) is 0 Å². The molecule has 0 spiro atoms. The van der Waals surface area contributed by atoms with Crippen LogP contribution in [0.2, 0.25) is 0 Å². The third kappa shape index (κ3) is 4.28. The average molecular weight is 388 g/mol. The van der Waals surface area contributed by atoms with Gasteiger partial charge in [0.05, 0.1) is 16.9 Å². The first-order chi connectivity index (χ1) is 12.6. The van der Waals surface area contributed by atoms with E-state index < -0.39 is 15.6 Å². The minimum Gasteiger partial charge on any atom is -0.487 e. The zero-order valence-electron chi connectivity index (χ0n) is 15.2. The monoisotopic (exact) mass is 388 g/mol. The van der Waals surface area contributed by atoms with Crippen LogP contribution in [0.5, 0.6) is 5.75 Å². The van der Waals surface area contributed by atoms with Crippen molar-refractivity contribution in [1.29, 1.82) is 0 Å². The highest BCUT2D eigenvalue weighted by molar-refractivity contribution is 7.92. The van der Waals surface area contributed by atoms with Gasteiger partial charge >= 0.3 is 0 Å². The van der Waals surface area contributed by atoms with Crippen LogP contribution in [0.25, 0.3) is 0 Å². The first-order valence-corrected chi connectivity index (χ1v) is 9.81. The Kier molecular flexibility index (Phi) is 4.69. The molecule has 142 valence electrons. The maximum atomic E-state index is 12.6. The van der Waals surface area contributed by atoms with Crippen LogP contribution in [-0.2, 0) is 14.8 Å². The number of hydrogen-bond acceptors (Lipinski definition) is 5. The molecule has 2 aromatic rings. The van der Waals surface area contributed by atoms with Gasteiger partial charge in [0, 0.05) is 18.3 Å². The van der Waals surface area contributed by atoms with Crippen LogP contribution in [-0.4, -0.2) is 25.7 Å². The molecule has 0 aromatic heterocycles. The molecular weight excluding hydrogens is 368 g/mol. The van der Waals surface area contributed by atoms with Crippen LogP contribution in [0.3, 0.4) is 0 Å². The molecule has 7 nitrogen and oxygen atoms in total. The molecular formula is C19H20N2O5S. The molecule has 27 heavy (non-hydrogen) atoms. The van der Waals surface area contributed by atoms with Gasteiger partial charge < -0.3 is 10.1 Å². The summed E-state index contributed by atoms with van der Waals surface area (Å²) < 4.78 is 33.4. The van der Waals surface area contributed by atoms with Crippen molar-refractivity contribution >= 4 is 33.1 Å². The topological polar surface area (TPSA) is 102 Å². The van der Waals surface area contributed by atoms with Crippen molar-refractivity contribution in [2.24, 2.45) is 0 Å². The van der Waals surface area contributed by atoms with E-state index in [0.717, 1.165) is 0 Å². The van der Waals surface area contributed by atoms with Gasteiger partial charge in [-0.05, 0) is 56.3 Å². The van der Waals surface area contributed by atoms with E-state index in [1.165, 1.54) is 37.3 Å². The van der Waals surface area contributed by atoms with Gasteiger partial charge in [0.25, 0.3) is 10.0 Å². The van der Waals surface area contributed by atoms with Crippen LogP contribution in [0, 0.1) is 0 Å². The first-order valence-electron chi connectivity index (χ1n) is 8.32. The number of hydrogen-bond donors (Lipinski definition) is 2. The number of benzene rings is 2. The number of sulfonamides is 1. The van der Waals surface area contributed by atoms with Crippen molar-refractivity contribution in [2.75, 3.05) is 10.0 Å². The number of carbonyl (C=O) groups excluding carboxylic acids is 2. The number of amides is 1. The van der Waals surface area contributed by atoms with E-state index in [4.69, 9.17) is 4.74 Å². The normalized spacial score (nSPS) is 15.4. The van der Waals surface area contributed by atoms with Crippen molar-refractivity contribution in [3.8, 4) is 5.75 Å². The summed E-state index contributed by atoms with van der Waals surface area (Å²) in [6, 6.07) is 10.4. The number of anilines is 2. The summed E-state index contributed by atoms with van der Waals surface area (Å²) >= 11 is 0. The standard InChI is InChI=1S/C19H20N2O5S/c1-12(22)20-13-4-7-15(8-5-13)27(24,25)21-14-6-9-18-16(10-14)17(23)11-19(2,3)26-18/h4-10,21H,11H2,1-3H3,(H,20,22). The molecule has 8 heteroatoms. The molecule has 2 N–H and O–H groups in total. The van der Waals surface area contributed by atoms with E-state index in [1.807, 2.05) is 13.8 Å². The molecule has 1 amide bonds. The highest BCUT2D eigenvalue weighted by Crippen LogP contribution is 2.35. The summed E-state index contributed by atoms with van der Waals surface area (Å²) in [7, 11) is -3.84. The van der Waals surface area contributed by atoms with Gasteiger partial charge in [0.15, 0.2) is 5.78 Å². The van der Waals surface area contributed by atoms with Crippen molar-refractivity contribution in [3.63, 3.8) is 0 Å². The van der Waals surface area contributed by atoms with Gasteiger partial charge in [-0.2, -0.15) is 0 Å². The third-order valence-electron chi connectivity index (χ3n) is 3.99. The molecule has 0 fully saturated rings. The Balaban J connectivity index is 1.83. The summed E-state index contributed by atoms with van der Waals surface area (Å²) in [5.74, 6) is 0.105. The van der Waals surface area contributed by atoms with E-state index in [1.54, 1.807) is 12.1 Å². The molecule has 3 rings (SSSR count). The van der Waals surface area contributed by atoms with E-state index >= 15 is 0 Å². The maximum absolute atomic E-state index is 12.6. The van der Waals surface area contributed by atoms with Crippen molar-refractivity contribution in [2.45, 2.75) is 37.7 Å². The highest BCUT2D eigenvalue weighted by Gasteiger charge is 2.32. The Bertz CT molecular complexity index is 1010. The largest absolute Gasteiger partial charge is 0.487 e. The van der Waals surface area contributed by atoms with Gasteiger partial charge in [0.1, 0.15) is 11.4 Å². The molecule has 0 radical (unpaired) electrons. The zero-order chi connectivity index (χ0) is 19.8. The second-order valence-electron chi connectivity index (χ2n) is 6.98. The molecule has 0 aliphatic carbocycles. The summed E-state index contributed by atoms with van der Waals surface area (Å²) in [5, 5.41) is 2.57. The lowest BCUT2D eigenvalue weighted by Crippen LogP contribution is -2.35. The lowest BCUT2D eigenvalue weighted by atomic mass is 9.93. The quantitative estimate of drug-likeness (QED) is 0.838. The lowest BCUT2D eigenvalue weighted by Gasteiger charge is -2.31. The lowest BCUT2D eigenvalue weighted by molar-refractivity contribution is -0.114. The second kappa shape index (κ2) is 6.70. The van der Waals surface area contributed by atoms with Crippen LogP contribution >= 0.6 is 0 Å². The Morgan fingerprint density at radius 1 is 1.07 bits per heavy atom. The predicted octanol–water partition coefficient (Wildman–Crippen LogP) is 3.19. The first kappa shape index (κ1) is 18.9. The minimum atomic E-state index is -3.84. The maximum Gasteiger partial charge on any atom is 0.261 e. The second-order valence-corrected chi connectivity index (χ2v) is 8.67. The summed E-state index contributed by atoms with van der Waals surface area (Å²) in [5.41, 5.74) is 0.549. The number of rotatable bonds is 4. The third-order valence-corrected chi connectivity index (χ3v) is 5.39. The van der Waals surface area contributed by atoms with Crippen molar-refractivity contribution < 1.29 is 22.7 Å². The molecule has 0 atom stereocenters. The van der Waals surface area contributed by atoms with Crippen LogP contribution in [0.1, 0.15) is 37.6 Å². The number of ketones is 1. The fraction of sp³-hybridized carbons (Fsp3) is 0.263. The Morgan fingerprint density at radius 2 is 1.70 bits per heavy atom. The van der Waals surface area contributed by atoms with Crippen molar-refractivity contribution in [3.05, 3.63) is 48.0 Å².